The second-order valence-corrected chi connectivity index (χ2v) is 9.89. The van der Waals surface area contributed by atoms with Crippen LogP contribution in [0.15, 0.2) is 65.1 Å². The minimum Gasteiger partial charge on any atom is -0.386 e. The lowest BCUT2D eigenvalue weighted by atomic mass is 10.0. The van der Waals surface area contributed by atoms with Crippen LogP contribution in [0.25, 0.3) is 0 Å². The number of amidine groups is 1. The third-order valence-corrected chi connectivity index (χ3v) is 6.20. The van der Waals surface area contributed by atoms with Gasteiger partial charge in [0.2, 0.25) is 5.95 Å². The van der Waals surface area contributed by atoms with Gasteiger partial charge in [0.1, 0.15) is 5.84 Å². The summed E-state index contributed by atoms with van der Waals surface area (Å²) in [5.74, 6) is 2.22. The van der Waals surface area contributed by atoms with E-state index in [9.17, 15) is 0 Å². The Bertz CT molecular complexity index is 820. The van der Waals surface area contributed by atoms with Crippen LogP contribution in [0.1, 0.15) is 73.1 Å². The molecule has 0 radical (unpaired) electrons. The highest BCUT2D eigenvalue weighted by Crippen LogP contribution is 2.15. The third-order valence-electron chi connectivity index (χ3n) is 5.23. The van der Waals surface area contributed by atoms with Gasteiger partial charge in [0, 0.05) is 23.9 Å². The van der Waals surface area contributed by atoms with Gasteiger partial charge in [-0.1, -0.05) is 46.6 Å². The summed E-state index contributed by atoms with van der Waals surface area (Å²) in [6, 6.07) is 1.50. The Morgan fingerprint density at radius 2 is 1.42 bits per heavy atom. The highest BCUT2D eigenvalue weighted by molar-refractivity contribution is 7.99. The van der Waals surface area contributed by atoms with Crippen LogP contribution in [0.2, 0.25) is 0 Å². The molecule has 1 rings (SSSR count). The van der Waals surface area contributed by atoms with Crippen LogP contribution >= 0.6 is 11.8 Å². The van der Waals surface area contributed by atoms with Crippen molar-refractivity contribution < 1.29 is 0 Å². The molecule has 0 aliphatic carbocycles. The molecular formula is C27H43N5S. The van der Waals surface area contributed by atoms with Crippen LogP contribution in [0.4, 0.5) is 5.95 Å². The van der Waals surface area contributed by atoms with Gasteiger partial charge in [0.15, 0.2) is 0 Å². The molecule has 6 heteroatoms. The smallest absolute Gasteiger partial charge is 0.223 e. The minimum atomic E-state index is -0.262. The SMILES string of the molecule is CC(C)=CCC/C(C)=C/CC/C(C)=C/CC/C(C)=C/CSCC(Nc1ncccn1)C(=N)N. The molecule has 0 aliphatic rings. The summed E-state index contributed by atoms with van der Waals surface area (Å²) in [4.78, 5) is 8.29. The van der Waals surface area contributed by atoms with Crippen LogP contribution in [0.3, 0.4) is 0 Å². The summed E-state index contributed by atoms with van der Waals surface area (Å²) in [6.07, 6.45) is 19.5. The van der Waals surface area contributed by atoms with Crippen molar-refractivity contribution in [2.24, 2.45) is 5.73 Å². The molecule has 0 aromatic carbocycles. The van der Waals surface area contributed by atoms with Crippen molar-refractivity contribution in [2.75, 3.05) is 16.8 Å². The number of nitrogens with one attached hydrogen (secondary N) is 2. The number of nitrogens with two attached hydrogens (primary N) is 1. The van der Waals surface area contributed by atoms with Crippen LogP contribution < -0.4 is 11.1 Å². The standard InChI is InChI=1S/C27H43N5S/c1-21(2)10-6-11-22(3)12-7-13-23(4)14-8-15-24(5)16-19-33-20-25(26(28)29)32-27-30-17-9-18-31-27/h9-10,12,14,16-18,25H,6-8,11,13,15,19-20H2,1-5H3,(H3,28,29)(H,30,31,32)/b22-12+,23-14+,24-16+. The summed E-state index contributed by atoms with van der Waals surface area (Å²) in [5.41, 5.74) is 11.5. The largest absolute Gasteiger partial charge is 0.386 e. The van der Waals surface area contributed by atoms with Crippen LogP contribution in [-0.2, 0) is 0 Å². The van der Waals surface area contributed by atoms with Crippen molar-refractivity contribution in [3.63, 3.8) is 0 Å². The summed E-state index contributed by atoms with van der Waals surface area (Å²) in [7, 11) is 0. The molecule has 0 fully saturated rings. The highest BCUT2D eigenvalue weighted by Gasteiger charge is 2.12. The monoisotopic (exact) mass is 469 g/mol. The van der Waals surface area contributed by atoms with Gasteiger partial charge in [0.05, 0.1) is 6.04 Å². The molecule has 0 spiro atoms. The maximum Gasteiger partial charge on any atom is 0.223 e. The van der Waals surface area contributed by atoms with Crippen molar-refractivity contribution in [1.82, 2.24) is 9.97 Å². The Labute approximate surface area is 205 Å². The first kappa shape index (κ1) is 28.7. The number of hydrogen-bond donors (Lipinski definition) is 3. The Morgan fingerprint density at radius 3 is 1.94 bits per heavy atom. The van der Waals surface area contributed by atoms with Gasteiger partial charge in [-0.25, -0.2) is 9.97 Å². The van der Waals surface area contributed by atoms with Gasteiger partial charge in [0.25, 0.3) is 0 Å². The quantitative estimate of drug-likeness (QED) is 0.104. The van der Waals surface area contributed by atoms with E-state index < -0.39 is 0 Å². The van der Waals surface area contributed by atoms with Gasteiger partial charge >= 0.3 is 0 Å². The van der Waals surface area contributed by atoms with Gasteiger partial charge < -0.3 is 11.1 Å². The van der Waals surface area contributed by atoms with Crippen molar-refractivity contribution >= 4 is 23.5 Å². The topological polar surface area (TPSA) is 87.7 Å². The van der Waals surface area contributed by atoms with Crippen LogP contribution in [0, 0.1) is 5.41 Å². The number of allylic oxidation sites excluding steroid dienone is 7. The second kappa shape index (κ2) is 17.2. The third kappa shape index (κ3) is 15.2. The molecule has 4 N–H and O–H groups in total. The van der Waals surface area contributed by atoms with E-state index in [-0.39, 0.29) is 11.9 Å². The van der Waals surface area contributed by atoms with Gasteiger partial charge in [-0.05, 0) is 79.2 Å². The molecule has 0 amide bonds. The van der Waals surface area contributed by atoms with E-state index >= 15 is 0 Å². The fourth-order valence-corrected chi connectivity index (χ4v) is 4.15. The van der Waals surface area contributed by atoms with Crippen LogP contribution in [-0.4, -0.2) is 33.4 Å². The number of rotatable bonds is 16. The number of hydrogen-bond acceptors (Lipinski definition) is 5. The van der Waals surface area contributed by atoms with Crippen molar-refractivity contribution in [3.05, 3.63) is 65.1 Å². The molecule has 182 valence electrons. The van der Waals surface area contributed by atoms with E-state index in [2.05, 4.69) is 74.2 Å². The first-order chi connectivity index (χ1) is 15.8. The predicted molar refractivity (Wildman–Crippen MR) is 147 cm³/mol. The molecule has 1 aromatic rings. The van der Waals surface area contributed by atoms with Crippen molar-refractivity contribution in [1.29, 1.82) is 5.41 Å². The molecular weight excluding hydrogens is 426 g/mol. The molecule has 1 unspecified atom stereocenters. The highest BCUT2D eigenvalue weighted by atomic mass is 32.2. The molecule has 1 aromatic heterocycles. The molecule has 33 heavy (non-hydrogen) atoms. The number of thioether (sulfide) groups is 1. The van der Waals surface area contributed by atoms with Gasteiger partial charge in [-0.3, -0.25) is 5.41 Å². The molecule has 0 saturated heterocycles. The second-order valence-electron chi connectivity index (χ2n) is 8.81. The van der Waals surface area contributed by atoms with E-state index in [0.29, 0.717) is 11.7 Å². The lowest BCUT2D eigenvalue weighted by Crippen LogP contribution is -2.37. The minimum absolute atomic E-state index is 0.106. The van der Waals surface area contributed by atoms with Gasteiger partial charge in [-0.15, -0.1) is 0 Å². The van der Waals surface area contributed by atoms with Crippen molar-refractivity contribution in [3.8, 4) is 0 Å². The zero-order chi connectivity index (χ0) is 24.5. The first-order valence-corrected chi connectivity index (χ1v) is 13.0. The first-order valence-electron chi connectivity index (χ1n) is 11.8. The zero-order valence-electron chi connectivity index (χ0n) is 21.2. The fraction of sp³-hybridized carbons (Fsp3) is 0.519. The number of nitrogens with zero attached hydrogens (tertiary/aromatic N) is 2. The van der Waals surface area contributed by atoms with E-state index in [1.54, 1.807) is 30.2 Å². The maximum absolute atomic E-state index is 7.79. The van der Waals surface area contributed by atoms with Crippen LogP contribution in [0.5, 0.6) is 0 Å². The molecule has 1 heterocycles. The van der Waals surface area contributed by atoms with E-state index in [1.165, 1.54) is 28.7 Å². The molecule has 5 nitrogen and oxygen atoms in total. The Balaban J connectivity index is 2.27. The zero-order valence-corrected chi connectivity index (χ0v) is 22.0. The average molecular weight is 470 g/mol. The lowest BCUT2D eigenvalue weighted by Gasteiger charge is -2.16. The number of aromatic nitrogens is 2. The van der Waals surface area contributed by atoms with E-state index in [0.717, 1.165) is 37.9 Å². The lowest BCUT2D eigenvalue weighted by molar-refractivity contribution is 0.899. The van der Waals surface area contributed by atoms with Crippen molar-refractivity contribution in [2.45, 2.75) is 79.2 Å². The molecule has 0 saturated carbocycles. The number of anilines is 1. The molecule has 1 atom stereocenters. The normalized spacial score (nSPS) is 13.5. The Morgan fingerprint density at radius 1 is 0.909 bits per heavy atom. The molecule has 0 bridgehead atoms. The Hall–Kier alpha value is -2.34. The summed E-state index contributed by atoms with van der Waals surface area (Å²) in [5, 5.41) is 10.9. The van der Waals surface area contributed by atoms with E-state index in [1.807, 2.05) is 0 Å². The summed E-state index contributed by atoms with van der Waals surface area (Å²) in [6.45, 7) is 11.0. The maximum atomic E-state index is 7.79. The summed E-state index contributed by atoms with van der Waals surface area (Å²) >= 11 is 1.76. The fourth-order valence-electron chi connectivity index (χ4n) is 3.11. The Kier molecular flexibility index (Phi) is 14.9. The summed E-state index contributed by atoms with van der Waals surface area (Å²) < 4.78 is 0. The van der Waals surface area contributed by atoms with E-state index in [4.69, 9.17) is 11.1 Å². The average Bonchev–Trinajstić information content (AvgIpc) is 2.76. The predicted octanol–water partition coefficient (Wildman–Crippen LogP) is 7.07. The molecule has 0 aliphatic heterocycles. The van der Waals surface area contributed by atoms with Gasteiger partial charge in [-0.2, -0.15) is 11.8 Å².